The van der Waals surface area contributed by atoms with E-state index in [9.17, 15) is 4.79 Å². The van der Waals surface area contributed by atoms with Crippen LogP contribution in [0.15, 0.2) is 18.5 Å². The van der Waals surface area contributed by atoms with Crippen molar-refractivity contribution in [2.24, 2.45) is 5.92 Å². The van der Waals surface area contributed by atoms with E-state index in [2.05, 4.69) is 20.2 Å². The van der Waals surface area contributed by atoms with E-state index in [1.807, 2.05) is 17.9 Å². The van der Waals surface area contributed by atoms with Crippen molar-refractivity contribution in [2.45, 2.75) is 32.2 Å². The molecule has 2 aliphatic heterocycles. The van der Waals surface area contributed by atoms with Gasteiger partial charge in [0, 0.05) is 57.1 Å². The number of nitrogens with one attached hydrogen (secondary N) is 1. The zero-order valence-corrected chi connectivity index (χ0v) is 14.4. The van der Waals surface area contributed by atoms with Gasteiger partial charge in [0.25, 0.3) is 0 Å². The van der Waals surface area contributed by atoms with Crippen LogP contribution in [-0.4, -0.2) is 66.3 Å². The van der Waals surface area contributed by atoms with Crippen molar-refractivity contribution in [3.8, 4) is 0 Å². The summed E-state index contributed by atoms with van der Waals surface area (Å²) >= 11 is 0. The van der Waals surface area contributed by atoms with Crippen LogP contribution in [0.3, 0.4) is 0 Å². The Balaban J connectivity index is 1.45. The van der Waals surface area contributed by atoms with Crippen LogP contribution in [0.25, 0.3) is 0 Å². The summed E-state index contributed by atoms with van der Waals surface area (Å²) in [5.41, 5.74) is 0. The molecule has 2 fully saturated rings. The van der Waals surface area contributed by atoms with Crippen molar-refractivity contribution in [1.29, 1.82) is 0 Å². The molecule has 1 atom stereocenters. The maximum Gasteiger partial charge on any atom is 0.317 e. The second-order valence-corrected chi connectivity index (χ2v) is 6.53. The van der Waals surface area contributed by atoms with Gasteiger partial charge in [-0.1, -0.05) is 0 Å². The third-order valence-corrected chi connectivity index (χ3v) is 4.83. The molecule has 0 spiro atoms. The van der Waals surface area contributed by atoms with Gasteiger partial charge in [-0.3, -0.25) is 0 Å². The number of carbonyl (C=O) groups is 1. The first-order valence-electron chi connectivity index (χ1n) is 8.91. The molecule has 0 saturated carbocycles. The van der Waals surface area contributed by atoms with Crippen molar-refractivity contribution in [2.75, 3.05) is 44.3 Å². The van der Waals surface area contributed by atoms with E-state index in [0.717, 1.165) is 64.6 Å². The molecular weight excluding hydrogens is 306 g/mol. The molecule has 0 radical (unpaired) electrons. The third kappa shape index (κ3) is 4.35. The Bertz CT molecular complexity index is 513. The molecule has 2 saturated heterocycles. The fraction of sp³-hybridized carbons (Fsp3) is 0.706. The number of rotatable bonds is 5. The van der Waals surface area contributed by atoms with Gasteiger partial charge >= 0.3 is 6.03 Å². The first-order chi connectivity index (χ1) is 11.8. The van der Waals surface area contributed by atoms with Crippen LogP contribution in [0, 0.1) is 5.92 Å². The molecule has 0 aromatic carbocycles. The number of carbonyl (C=O) groups excluding carboxylic acids is 1. The smallest absolute Gasteiger partial charge is 0.317 e. The lowest BCUT2D eigenvalue weighted by Gasteiger charge is -2.34. The highest BCUT2D eigenvalue weighted by Crippen LogP contribution is 2.17. The molecule has 0 aliphatic carbocycles. The van der Waals surface area contributed by atoms with E-state index in [1.165, 1.54) is 0 Å². The summed E-state index contributed by atoms with van der Waals surface area (Å²) < 4.78 is 5.41. The number of hydrogen-bond acceptors (Lipinski definition) is 5. The van der Waals surface area contributed by atoms with E-state index < -0.39 is 0 Å². The van der Waals surface area contributed by atoms with E-state index in [1.54, 1.807) is 12.4 Å². The first kappa shape index (κ1) is 17.0. The van der Waals surface area contributed by atoms with E-state index in [0.29, 0.717) is 5.92 Å². The highest BCUT2D eigenvalue weighted by atomic mass is 16.5. The summed E-state index contributed by atoms with van der Waals surface area (Å²) in [7, 11) is 0. The number of anilines is 1. The molecule has 2 amide bonds. The summed E-state index contributed by atoms with van der Waals surface area (Å²) in [6.07, 6.45) is 6.44. The predicted molar refractivity (Wildman–Crippen MR) is 92.0 cm³/mol. The summed E-state index contributed by atoms with van der Waals surface area (Å²) in [5.74, 6) is 1.26. The van der Waals surface area contributed by atoms with Gasteiger partial charge < -0.3 is 19.9 Å². The fourth-order valence-electron chi connectivity index (χ4n) is 3.34. The standard InChI is InChI=1S/C17H27N5O2/c1-2-21(12-14-6-11-24-13-14)17(23)20-15-4-9-22(10-5-15)16-18-7-3-8-19-16/h3,7-8,14-15H,2,4-6,9-13H2,1H3,(H,20,23)/t14-/m0/s1. The summed E-state index contributed by atoms with van der Waals surface area (Å²) in [6.45, 7) is 6.90. The van der Waals surface area contributed by atoms with Crippen molar-refractivity contribution < 1.29 is 9.53 Å². The SMILES string of the molecule is CCN(C[C@@H]1CCOC1)C(=O)NC1CCN(c2ncccn2)CC1. The van der Waals surface area contributed by atoms with Crippen LogP contribution in [0.2, 0.25) is 0 Å². The summed E-state index contributed by atoms with van der Waals surface area (Å²) in [6, 6.07) is 2.11. The van der Waals surface area contributed by atoms with Gasteiger partial charge in [-0.2, -0.15) is 0 Å². The van der Waals surface area contributed by atoms with Crippen LogP contribution in [0.5, 0.6) is 0 Å². The number of urea groups is 1. The highest BCUT2D eigenvalue weighted by molar-refractivity contribution is 5.74. The number of hydrogen-bond donors (Lipinski definition) is 1. The second-order valence-electron chi connectivity index (χ2n) is 6.53. The lowest BCUT2D eigenvalue weighted by Crippen LogP contribution is -2.50. The first-order valence-corrected chi connectivity index (χ1v) is 8.91. The average Bonchev–Trinajstić information content (AvgIpc) is 3.14. The van der Waals surface area contributed by atoms with Gasteiger partial charge in [0.2, 0.25) is 5.95 Å². The van der Waals surface area contributed by atoms with Gasteiger partial charge in [-0.05, 0) is 32.3 Å². The third-order valence-electron chi connectivity index (χ3n) is 4.83. The summed E-state index contributed by atoms with van der Waals surface area (Å²) in [5, 5.41) is 3.19. The lowest BCUT2D eigenvalue weighted by molar-refractivity contribution is 0.164. The molecule has 7 nitrogen and oxygen atoms in total. The molecule has 2 aliphatic rings. The predicted octanol–water partition coefficient (Wildman–Crippen LogP) is 1.51. The molecule has 1 N–H and O–H groups in total. The number of piperidine rings is 1. The quantitative estimate of drug-likeness (QED) is 0.884. The van der Waals surface area contributed by atoms with E-state index in [-0.39, 0.29) is 12.1 Å². The Morgan fingerprint density at radius 1 is 1.33 bits per heavy atom. The zero-order chi connectivity index (χ0) is 16.8. The lowest BCUT2D eigenvalue weighted by atomic mass is 10.1. The number of ether oxygens (including phenoxy) is 1. The minimum Gasteiger partial charge on any atom is -0.381 e. The number of aromatic nitrogens is 2. The molecule has 1 aromatic rings. The Kier molecular flexibility index (Phi) is 5.85. The Morgan fingerprint density at radius 2 is 2.08 bits per heavy atom. The molecule has 24 heavy (non-hydrogen) atoms. The van der Waals surface area contributed by atoms with Gasteiger partial charge in [-0.25, -0.2) is 14.8 Å². The maximum atomic E-state index is 12.5. The van der Waals surface area contributed by atoms with Crippen LogP contribution >= 0.6 is 0 Å². The van der Waals surface area contributed by atoms with Gasteiger partial charge in [0.05, 0.1) is 6.61 Å². The number of amides is 2. The normalized spacial score (nSPS) is 21.7. The molecule has 132 valence electrons. The van der Waals surface area contributed by atoms with Crippen molar-refractivity contribution in [3.05, 3.63) is 18.5 Å². The maximum absolute atomic E-state index is 12.5. The highest BCUT2D eigenvalue weighted by Gasteiger charge is 2.25. The molecular formula is C17H27N5O2. The molecule has 0 unspecified atom stereocenters. The van der Waals surface area contributed by atoms with Crippen LogP contribution in [0.1, 0.15) is 26.2 Å². The molecule has 7 heteroatoms. The van der Waals surface area contributed by atoms with Crippen LogP contribution < -0.4 is 10.2 Å². The van der Waals surface area contributed by atoms with Gasteiger partial charge in [-0.15, -0.1) is 0 Å². The molecule has 3 heterocycles. The van der Waals surface area contributed by atoms with E-state index >= 15 is 0 Å². The Labute approximate surface area is 143 Å². The molecule has 3 rings (SSSR count). The van der Waals surface area contributed by atoms with Crippen LogP contribution in [0.4, 0.5) is 10.7 Å². The van der Waals surface area contributed by atoms with Crippen molar-refractivity contribution in [3.63, 3.8) is 0 Å². The topological polar surface area (TPSA) is 70.6 Å². The number of nitrogens with zero attached hydrogens (tertiary/aromatic N) is 4. The van der Waals surface area contributed by atoms with Gasteiger partial charge in [0.1, 0.15) is 0 Å². The average molecular weight is 333 g/mol. The Morgan fingerprint density at radius 3 is 2.71 bits per heavy atom. The minimum atomic E-state index is 0.0545. The van der Waals surface area contributed by atoms with Gasteiger partial charge in [0.15, 0.2) is 0 Å². The fourth-order valence-corrected chi connectivity index (χ4v) is 3.34. The van der Waals surface area contributed by atoms with Crippen molar-refractivity contribution >= 4 is 12.0 Å². The second kappa shape index (κ2) is 8.28. The van der Waals surface area contributed by atoms with Crippen LogP contribution in [-0.2, 0) is 4.74 Å². The monoisotopic (exact) mass is 333 g/mol. The zero-order valence-electron chi connectivity index (χ0n) is 14.4. The largest absolute Gasteiger partial charge is 0.381 e. The minimum absolute atomic E-state index is 0.0545. The molecule has 1 aromatic heterocycles. The van der Waals surface area contributed by atoms with Crippen molar-refractivity contribution in [1.82, 2.24) is 20.2 Å². The summed E-state index contributed by atoms with van der Waals surface area (Å²) in [4.78, 5) is 25.2. The molecule has 0 bridgehead atoms. The Hall–Kier alpha value is -1.89. The van der Waals surface area contributed by atoms with E-state index in [4.69, 9.17) is 4.74 Å².